The van der Waals surface area contributed by atoms with Crippen LogP contribution in [0.3, 0.4) is 0 Å². The van der Waals surface area contributed by atoms with Crippen LogP contribution in [0.25, 0.3) is 0 Å². The molecule has 3 N–H and O–H groups in total. The van der Waals surface area contributed by atoms with E-state index in [4.69, 9.17) is 10.5 Å². The third-order valence-electron chi connectivity index (χ3n) is 3.08. The first-order chi connectivity index (χ1) is 10.3. The van der Waals surface area contributed by atoms with Gasteiger partial charge in [0.1, 0.15) is 5.75 Å². The number of hydrogen-bond acceptors (Lipinski definition) is 3. The highest BCUT2D eigenvalue weighted by Crippen LogP contribution is 2.12. The summed E-state index contributed by atoms with van der Waals surface area (Å²) in [5, 5.41) is 2.84. The average molecular weight is 284 g/mol. The predicted molar refractivity (Wildman–Crippen MR) is 83.0 cm³/mol. The van der Waals surface area contributed by atoms with E-state index in [2.05, 4.69) is 5.32 Å². The molecule has 2 rings (SSSR count). The van der Waals surface area contributed by atoms with Crippen LogP contribution < -0.4 is 15.8 Å². The minimum atomic E-state index is -0.121. The number of amides is 1. The van der Waals surface area contributed by atoms with Gasteiger partial charge in [0, 0.05) is 13.1 Å². The van der Waals surface area contributed by atoms with Gasteiger partial charge in [0.2, 0.25) is 0 Å². The normalized spacial score (nSPS) is 10.1. The lowest BCUT2D eigenvalue weighted by molar-refractivity contribution is -0.123. The highest BCUT2D eigenvalue weighted by atomic mass is 16.5. The number of benzene rings is 2. The molecular weight excluding hydrogens is 264 g/mol. The van der Waals surface area contributed by atoms with E-state index in [1.54, 1.807) is 0 Å². The lowest BCUT2D eigenvalue weighted by Crippen LogP contribution is -2.30. The van der Waals surface area contributed by atoms with E-state index in [9.17, 15) is 4.79 Å². The Morgan fingerprint density at radius 2 is 1.81 bits per heavy atom. The molecule has 0 spiro atoms. The summed E-state index contributed by atoms with van der Waals surface area (Å²) in [5.74, 6) is 0.542. The van der Waals surface area contributed by atoms with E-state index in [1.807, 2.05) is 54.6 Å². The van der Waals surface area contributed by atoms with Crippen molar-refractivity contribution in [2.45, 2.75) is 13.0 Å². The van der Waals surface area contributed by atoms with E-state index in [1.165, 1.54) is 5.56 Å². The number of hydrogen-bond donors (Lipinski definition) is 2. The molecule has 2 aromatic carbocycles. The van der Waals surface area contributed by atoms with Gasteiger partial charge >= 0.3 is 0 Å². The van der Waals surface area contributed by atoms with E-state index < -0.39 is 0 Å². The topological polar surface area (TPSA) is 64.3 Å². The second-order valence-corrected chi connectivity index (χ2v) is 4.73. The van der Waals surface area contributed by atoms with Crippen LogP contribution in [0.2, 0.25) is 0 Å². The quantitative estimate of drug-likeness (QED) is 0.816. The first-order valence-electron chi connectivity index (χ1n) is 7.00. The highest BCUT2D eigenvalue weighted by Gasteiger charge is 2.03. The fourth-order valence-corrected chi connectivity index (χ4v) is 1.95. The van der Waals surface area contributed by atoms with Gasteiger partial charge in [-0.1, -0.05) is 42.5 Å². The molecule has 2 aromatic rings. The van der Waals surface area contributed by atoms with Crippen LogP contribution in [-0.4, -0.2) is 19.1 Å². The maximum absolute atomic E-state index is 11.7. The summed E-state index contributed by atoms with van der Waals surface area (Å²) in [6.07, 6.45) is 0.815. The smallest absolute Gasteiger partial charge is 0.257 e. The fourth-order valence-electron chi connectivity index (χ4n) is 1.95. The lowest BCUT2D eigenvalue weighted by Gasteiger charge is -2.08. The maximum Gasteiger partial charge on any atom is 0.257 e. The largest absolute Gasteiger partial charge is 0.484 e. The van der Waals surface area contributed by atoms with Crippen molar-refractivity contribution in [3.8, 4) is 5.75 Å². The Labute approximate surface area is 124 Å². The first-order valence-corrected chi connectivity index (χ1v) is 7.00. The Balaban J connectivity index is 1.70. The van der Waals surface area contributed by atoms with Crippen LogP contribution in [0, 0.1) is 0 Å². The molecule has 1 amide bonds. The highest BCUT2D eigenvalue weighted by molar-refractivity contribution is 5.77. The Hall–Kier alpha value is -2.33. The molecule has 4 nitrogen and oxygen atoms in total. The van der Waals surface area contributed by atoms with Crippen molar-refractivity contribution in [3.63, 3.8) is 0 Å². The molecule has 0 unspecified atom stereocenters. The van der Waals surface area contributed by atoms with E-state index in [0.29, 0.717) is 18.8 Å². The Bertz CT molecular complexity index is 570. The van der Waals surface area contributed by atoms with Gasteiger partial charge in [-0.2, -0.15) is 0 Å². The molecule has 21 heavy (non-hydrogen) atoms. The van der Waals surface area contributed by atoms with Gasteiger partial charge in [-0.05, 0) is 29.7 Å². The van der Waals surface area contributed by atoms with Gasteiger partial charge in [0.15, 0.2) is 6.61 Å². The molecule has 0 saturated heterocycles. The van der Waals surface area contributed by atoms with Gasteiger partial charge in [0.05, 0.1) is 0 Å². The van der Waals surface area contributed by atoms with Gasteiger partial charge in [-0.25, -0.2) is 0 Å². The molecule has 0 aliphatic carbocycles. The van der Waals surface area contributed by atoms with Crippen LogP contribution in [0.15, 0.2) is 54.6 Å². The van der Waals surface area contributed by atoms with Crippen molar-refractivity contribution in [1.29, 1.82) is 0 Å². The molecule has 0 radical (unpaired) electrons. The SMILES string of the molecule is NCc1cccc(OCC(=O)NCCc2ccccc2)c1. The number of nitrogens with one attached hydrogen (secondary N) is 1. The van der Waals surface area contributed by atoms with Crippen molar-refractivity contribution in [2.24, 2.45) is 5.73 Å². The summed E-state index contributed by atoms with van der Waals surface area (Å²) < 4.78 is 5.45. The summed E-state index contributed by atoms with van der Waals surface area (Å²) in [4.78, 5) is 11.7. The summed E-state index contributed by atoms with van der Waals surface area (Å²) in [6, 6.07) is 17.5. The zero-order chi connectivity index (χ0) is 14.9. The van der Waals surface area contributed by atoms with Crippen LogP contribution in [0.5, 0.6) is 5.75 Å². The minimum absolute atomic E-state index is 0.0167. The lowest BCUT2D eigenvalue weighted by atomic mass is 10.1. The van der Waals surface area contributed by atoms with E-state index in [-0.39, 0.29) is 12.5 Å². The zero-order valence-electron chi connectivity index (χ0n) is 11.9. The van der Waals surface area contributed by atoms with E-state index in [0.717, 1.165) is 12.0 Å². The van der Waals surface area contributed by atoms with Crippen molar-refractivity contribution in [1.82, 2.24) is 5.32 Å². The Morgan fingerprint density at radius 3 is 2.57 bits per heavy atom. The maximum atomic E-state index is 11.7. The fraction of sp³-hybridized carbons (Fsp3) is 0.235. The molecule has 0 fully saturated rings. The summed E-state index contributed by atoms with van der Waals surface area (Å²) >= 11 is 0. The molecule has 0 aromatic heterocycles. The summed E-state index contributed by atoms with van der Waals surface area (Å²) in [7, 11) is 0. The molecule has 4 heteroatoms. The van der Waals surface area contributed by atoms with Crippen LogP contribution in [-0.2, 0) is 17.8 Å². The molecular formula is C17H20N2O2. The van der Waals surface area contributed by atoms with Crippen molar-refractivity contribution in [3.05, 3.63) is 65.7 Å². The third kappa shape index (κ3) is 5.28. The molecule has 0 saturated carbocycles. The first kappa shape index (κ1) is 15.1. The zero-order valence-corrected chi connectivity index (χ0v) is 11.9. The van der Waals surface area contributed by atoms with Gasteiger partial charge in [0.25, 0.3) is 5.91 Å². The van der Waals surface area contributed by atoms with Crippen LogP contribution in [0.1, 0.15) is 11.1 Å². The second kappa shape index (κ2) is 8.07. The standard InChI is InChI=1S/C17H20N2O2/c18-12-15-7-4-8-16(11-15)21-13-17(20)19-10-9-14-5-2-1-3-6-14/h1-8,11H,9-10,12-13,18H2,(H,19,20). The monoisotopic (exact) mass is 284 g/mol. The average Bonchev–Trinajstić information content (AvgIpc) is 2.54. The van der Waals surface area contributed by atoms with Gasteiger partial charge in [-0.15, -0.1) is 0 Å². The van der Waals surface area contributed by atoms with Crippen LogP contribution in [0.4, 0.5) is 0 Å². The Morgan fingerprint density at radius 1 is 1.05 bits per heavy atom. The number of carbonyl (C=O) groups is 1. The second-order valence-electron chi connectivity index (χ2n) is 4.73. The number of nitrogens with two attached hydrogens (primary N) is 1. The van der Waals surface area contributed by atoms with Crippen molar-refractivity contribution in [2.75, 3.05) is 13.2 Å². The molecule has 0 heterocycles. The summed E-state index contributed by atoms with van der Waals surface area (Å²) in [6.45, 7) is 1.08. The number of carbonyl (C=O) groups excluding carboxylic acids is 1. The number of rotatable bonds is 7. The third-order valence-corrected chi connectivity index (χ3v) is 3.08. The molecule has 0 aliphatic heterocycles. The number of ether oxygens (including phenoxy) is 1. The van der Waals surface area contributed by atoms with Gasteiger partial charge < -0.3 is 15.8 Å². The van der Waals surface area contributed by atoms with Crippen molar-refractivity contribution >= 4 is 5.91 Å². The Kier molecular flexibility index (Phi) is 5.79. The molecule has 0 bridgehead atoms. The molecule has 110 valence electrons. The van der Waals surface area contributed by atoms with Crippen molar-refractivity contribution < 1.29 is 9.53 Å². The predicted octanol–water partition coefficient (Wildman–Crippen LogP) is 1.88. The van der Waals surface area contributed by atoms with E-state index >= 15 is 0 Å². The molecule has 0 atom stereocenters. The van der Waals surface area contributed by atoms with Crippen LogP contribution >= 0.6 is 0 Å². The minimum Gasteiger partial charge on any atom is -0.484 e. The summed E-state index contributed by atoms with van der Waals surface area (Å²) in [5.41, 5.74) is 7.75. The van der Waals surface area contributed by atoms with Gasteiger partial charge in [-0.3, -0.25) is 4.79 Å². The molecule has 0 aliphatic rings.